The molecule has 0 radical (unpaired) electrons. The normalized spacial score (nSPS) is 10.1. The average Bonchev–Trinajstić information content (AvgIpc) is 2.39. The zero-order valence-corrected chi connectivity index (χ0v) is 10.1. The predicted molar refractivity (Wildman–Crippen MR) is 71.7 cm³/mol. The van der Waals surface area contributed by atoms with Crippen LogP contribution in [0.3, 0.4) is 0 Å². The van der Waals surface area contributed by atoms with Gasteiger partial charge in [-0.1, -0.05) is 12.1 Å². The van der Waals surface area contributed by atoms with E-state index in [-0.39, 0.29) is 5.69 Å². The number of hydrogen-bond acceptors (Lipinski definition) is 6. The molecule has 0 saturated heterocycles. The summed E-state index contributed by atoms with van der Waals surface area (Å²) >= 11 is 0. The predicted octanol–water partition coefficient (Wildman–Crippen LogP) is 1.62. The van der Waals surface area contributed by atoms with E-state index in [2.05, 4.69) is 15.3 Å². The maximum Gasteiger partial charge on any atom is 0.269 e. The van der Waals surface area contributed by atoms with E-state index in [1.807, 2.05) is 0 Å². The topological polar surface area (TPSA) is 107 Å². The molecule has 0 unspecified atom stereocenters. The number of rotatable bonds is 5. The molecule has 0 bridgehead atoms. The molecule has 3 N–H and O–H groups in total. The molecule has 0 saturated carbocycles. The van der Waals surface area contributed by atoms with Crippen LogP contribution < -0.4 is 11.1 Å². The first-order chi connectivity index (χ1) is 9.15. The molecule has 0 atom stereocenters. The van der Waals surface area contributed by atoms with E-state index >= 15 is 0 Å². The third kappa shape index (κ3) is 3.63. The van der Waals surface area contributed by atoms with Crippen LogP contribution in [-0.2, 0) is 6.42 Å². The molecule has 0 aliphatic carbocycles. The number of nitrogens with zero attached hydrogens (tertiary/aromatic N) is 3. The van der Waals surface area contributed by atoms with Crippen molar-refractivity contribution in [3.63, 3.8) is 0 Å². The minimum Gasteiger partial charge on any atom is -0.384 e. The van der Waals surface area contributed by atoms with Crippen LogP contribution in [0.15, 0.2) is 36.7 Å². The fourth-order valence-electron chi connectivity index (χ4n) is 1.59. The van der Waals surface area contributed by atoms with Crippen molar-refractivity contribution in [1.82, 2.24) is 9.97 Å². The Bertz CT molecular complexity index is 571. The van der Waals surface area contributed by atoms with Gasteiger partial charge in [0, 0.05) is 24.7 Å². The van der Waals surface area contributed by atoms with Crippen LogP contribution in [0, 0.1) is 10.1 Å². The van der Waals surface area contributed by atoms with E-state index in [9.17, 15) is 10.1 Å². The lowest BCUT2D eigenvalue weighted by molar-refractivity contribution is -0.384. The van der Waals surface area contributed by atoms with Gasteiger partial charge in [0.1, 0.15) is 18.0 Å². The lowest BCUT2D eigenvalue weighted by Gasteiger charge is -2.05. The van der Waals surface area contributed by atoms with E-state index in [0.29, 0.717) is 18.2 Å². The molecule has 7 heteroatoms. The molecule has 2 rings (SSSR count). The third-order valence-corrected chi connectivity index (χ3v) is 2.56. The average molecular weight is 259 g/mol. The second kappa shape index (κ2) is 5.76. The quantitative estimate of drug-likeness (QED) is 0.624. The summed E-state index contributed by atoms with van der Waals surface area (Å²) in [4.78, 5) is 17.9. The van der Waals surface area contributed by atoms with Crippen molar-refractivity contribution in [3.05, 3.63) is 52.3 Å². The maximum atomic E-state index is 10.5. The Morgan fingerprint density at radius 1 is 1.26 bits per heavy atom. The fraction of sp³-hybridized carbons (Fsp3) is 0.167. The van der Waals surface area contributed by atoms with E-state index in [1.54, 1.807) is 18.2 Å². The summed E-state index contributed by atoms with van der Waals surface area (Å²) in [6, 6.07) is 8.13. The highest BCUT2D eigenvalue weighted by Gasteiger charge is 2.03. The number of hydrogen-bond donors (Lipinski definition) is 2. The standard InChI is InChI=1S/C12H13N5O2/c13-11-7-12(16-8-15-11)14-6-5-9-1-3-10(4-2-9)17(18)19/h1-4,7-8H,5-6H2,(H3,13,14,15,16). The Morgan fingerprint density at radius 2 is 2.00 bits per heavy atom. The largest absolute Gasteiger partial charge is 0.384 e. The number of aromatic nitrogens is 2. The molecule has 0 spiro atoms. The molecule has 19 heavy (non-hydrogen) atoms. The number of nitro groups is 1. The van der Waals surface area contributed by atoms with Gasteiger partial charge in [0.15, 0.2) is 0 Å². The van der Waals surface area contributed by atoms with Gasteiger partial charge in [-0.25, -0.2) is 9.97 Å². The Morgan fingerprint density at radius 3 is 2.63 bits per heavy atom. The lowest BCUT2D eigenvalue weighted by Crippen LogP contribution is -2.07. The number of nitrogen functional groups attached to an aromatic ring is 1. The van der Waals surface area contributed by atoms with Crippen LogP contribution in [0.25, 0.3) is 0 Å². The summed E-state index contributed by atoms with van der Waals surface area (Å²) in [5.41, 5.74) is 6.64. The van der Waals surface area contributed by atoms with Crippen molar-refractivity contribution >= 4 is 17.3 Å². The molecule has 1 aromatic carbocycles. The molecule has 98 valence electrons. The van der Waals surface area contributed by atoms with Crippen molar-refractivity contribution < 1.29 is 4.92 Å². The summed E-state index contributed by atoms with van der Waals surface area (Å²) in [5.74, 6) is 1.07. The van der Waals surface area contributed by atoms with Crippen LogP contribution in [0.1, 0.15) is 5.56 Å². The highest BCUT2D eigenvalue weighted by atomic mass is 16.6. The van der Waals surface area contributed by atoms with Crippen molar-refractivity contribution in [2.24, 2.45) is 0 Å². The molecule has 0 fully saturated rings. The molecule has 1 aromatic heterocycles. The number of nitrogens with one attached hydrogen (secondary N) is 1. The second-order valence-corrected chi connectivity index (χ2v) is 3.93. The van der Waals surface area contributed by atoms with Gasteiger partial charge in [0.05, 0.1) is 4.92 Å². The number of nitrogens with two attached hydrogens (primary N) is 1. The first-order valence-electron chi connectivity index (χ1n) is 5.70. The zero-order chi connectivity index (χ0) is 13.7. The number of benzene rings is 1. The molecular weight excluding hydrogens is 246 g/mol. The Labute approximate surface area is 109 Å². The maximum absolute atomic E-state index is 10.5. The van der Waals surface area contributed by atoms with Gasteiger partial charge in [-0.2, -0.15) is 0 Å². The first kappa shape index (κ1) is 12.7. The number of nitro benzene ring substituents is 1. The minimum atomic E-state index is -0.411. The summed E-state index contributed by atoms with van der Waals surface area (Å²) < 4.78 is 0. The smallest absolute Gasteiger partial charge is 0.269 e. The third-order valence-electron chi connectivity index (χ3n) is 2.56. The molecule has 1 heterocycles. The summed E-state index contributed by atoms with van der Waals surface area (Å²) in [6.45, 7) is 0.661. The number of anilines is 2. The van der Waals surface area contributed by atoms with E-state index in [1.165, 1.54) is 18.5 Å². The highest BCUT2D eigenvalue weighted by Crippen LogP contribution is 2.12. The molecule has 0 aliphatic heterocycles. The van der Waals surface area contributed by atoms with Crippen LogP contribution in [-0.4, -0.2) is 21.4 Å². The fourth-order valence-corrected chi connectivity index (χ4v) is 1.59. The zero-order valence-electron chi connectivity index (χ0n) is 10.1. The minimum absolute atomic E-state index is 0.0975. The molecule has 0 amide bonds. The van der Waals surface area contributed by atoms with E-state index < -0.39 is 4.92 Å². The van der Waals surface area contributed by atoms with Crippen LogP contribution in [0.4, 0.5) is 17.3 Å². The van der Waals surface area contributed by atoms with Crippen LogP contribution in [0.5, 0.6) is 0 Å². The Hall–Kier alpha value is -2.70. The van der Waals surface area contributed by atoms with Crippen molar-refractivity contribution in [2.75, 3.05) is 17.6 Å². The van der Waals surface area contributed by atoms with Crippen LogP contribution >= 0.6 is 0 Å². The van der Waals surface area contributed by atoms with Gasteiger partial charge >= 0.3 is 0 Å². The monoisotopic (exact) mass is 259 g/mol. The first-order valence-corrected chi connectivity index (χ1v) is 5.70. The SMILES string of the molecule is Nc1cc(NCCc2ccc([N+](=O)[O-])cc2)ncn1. The molecule has 7 nitrogen and oxygen atoms in total. The molecule has 0 aliphatic rings. The van der Waals surface area contributed by atoms with Crippen LogP contribution in [0.2, 0.25) is 0 Å². The summed E-state index contributed by atoms with van der Waals surface area (Å²) in [6.07, 6.45) is 2.13. The van der Waals surface area contributed by atoms with Crippen molar-refractivity contribution in [3.8, 4) is 0 Å². The lowest BCUT2D eigenvalue weighted by atomic mass is 10.1. The van der Waals surface area contributed by atoms with Gasteiger partial charge in [0.25, 0.3) is 5.69 Å². The molecular formula is C12H13N5O2. The van der Waals surface area contributed by atoms with Crippen molar-refractivity contribution in [1.29, 1.82) is 0 Å². The van der Waals surface area contributed by atoms with E-state index in [0.717, 1.165) is 12.0 Å². The van der Waals surface area contributed by atoms with Gasteiger partial charge in [-0.05, 0) is 12.0 Å². The van der Waals surface area contributed by atoms with Gasteiger partial charge < -0.3 is 11.1 Å². The summed E-state index contributed by atoms with van der Waals surface area (Å²) in [5, 5.41) is 13.6. The molecule has 2 aromatic rings. The Kier molecular flexibility index (Phi) is 3.87. The Balaban J connectivity index is 1.87. The van der Waals surface area contributed by atoms with Gasteiger partial charge in [-0.3, -0.25) is 10.1 Å². The van der Waals surface area contributed by atoms with E-state index in [4.69, 9.17) is 5.73 Å². The van der Waals surface area contributed by atoms with Crippen molar-refractivity contribution in [2.45, 2.75) is 6.42 Å². The summed E-state index contributed by atoms with van der Waals surface area (Å²) in [7, 11) is 0. The highest BCUT2D eigenvalue weighted by molar-refractivity contribution is 5.43. The van der Waals surface area contributed by atoms with Gasteiger partial charge in [-0.15, -0.1) is 0 Å². The van der Waals surface area contributed by atoms with Gasteiger partial charge in [0.2, 0.25) is 0 Å². The number of non-ortho nitro benzene ring substituents is 1. The second-order valence-electron chi connectivity index (χ2n) is 3.93.